The van der Waals surface area contributed by atoms with E-state index in [1.165, 1.54) is 0 Å². The van der Waals surface area contributed by atoms with Gasteiger partial charge in [0.15, 0.2) is 0 Å². The number of carbonyl (C=O) groups is 1. The Hall–Kier alpha value is -1.72. The van der Waals surface area contributed by atoms with E-state index in [-0.39, 0.29) is 18.7 Å². The SMILES string of the molecule is CS(=O)(=O)Nc1ccc(S(=O)(=O)N2CCC[C@H]2C(=O)O)cc1F. The van der Waals surface area contributed by atoms with E-state index in [1.807, 2.05) is 4.72 Å². The van der Waals surface area contributed by atoms with Gasteiger partial charge in [0, 0.05) is 6.54 Å². The molecular formula is C12H15FN2O6S2. The molecule has 0 bridgehead atoms. The third-order valence-electron chi connectivity index (χ3n) is 3.33. The minimum atomic E-state index is -4.18. The Labute approximate surface area is 133 Å². The first-order valence-corrected chi connectivity index (χ1v) is 9.87. The van der Waals surface area contributed by atoms with Crippen LogP contribution in [0.2, 0.25) is 0 Å². The molecule has 0 unspecified atom stereocenters. The normalized spacial score (nSPS) is 19.7. The molecule has 0 radical (unpaired) electrons. The Kier molecular flexibility index (Phi) is 4.64. The Bertz CT molecular complexity index is 837. The first-order valence-electron chi connectivity index (χ1n) is 6.54. The summed E-state index contributed by atoms with van der Waals surface area (Å²) in [5.74, 6) is -2.33. The number of carboxylic acids is 1. The molecule has 2 N–H and O–H groups in total. The molecule has 1 aromatic rings. The van der Waals surface area contributed by atoms with Gasteiger partial charge >= 0.3 is 5.97 Å². The zero-order valence-corrected chi connectivity index (χ0v) is 13.7. The highest BCUT2D eigenvalue weighted by atomic mass is 32.2. The number of sulfonamides is 2. The summed E-state index contributed by atoms with van der Waals surface area (Å²) in [7, 11) is -7.89. The van der Waals surface area contributed by atoms with E-state index in [2.05, 4.69) is 0 Å². The Morgan fingerprint density at radius 1 is 1.35 bits per heavy atom. The highest BCUT2D eigenvalue weighted by molar-refractivity contribution is 7.92. The molecule has 1 aromatic carbocycles. The Morgan fingerprint density at radius 2 is 2.00 bits per heavy atom. The number of hydrogen-bond donors (Lipinski definition) is 2. The minimum absolute atomic E-state index is 0.0320. The number of nitrogens with one attached hydrogen (secondary N) is 1. The summed E-state index contributed by atoms with van der Waals surface area (Å²) in [5, 5.41) is 9.06. The van der Waals surface area contributed by atoms with Crippen molar-refractivity contribution in [2.45, 2.75) is 23.8 Å². The Balaban J connectivity index is 2.38. The second-order valence-corrected chi connectivity index (χ2v) is 8.77. The van der Waals surface area contributed by atoms with Crippen LogP contribution in [0, 0.1) is 5.82 Å². The smallest absolute Gasteiger partial charge is 0.322 e. The van der Waals surface area contributed by atoms with E-state index in [1.54, 1.807) is 0 Å². The molecular weight excluding hydrogens is 351 g/mol. The fourth-order valence-corrected chi connectivity index (χ4v) is 4.58. The molecule has 1 aliphatic rings. The van der Waals surface area contributed by atoms with Crippen LogP contribution in [-0.4, -0.2) is 51.1 Å². The van der Waals surface area contributed by atoms with Gasteiger partial charge < -0.3 is 5.11 Å². The number of hydrogen-bond acceptors (Lipinski definition) is 5. The number of anilines is 1. The maximum atomic E-state index is 13.9. The van der Waals surface area contributed by atoms with Gasteiger partial charge in [-0.3, -0.25) is 9.52 Å². The van der Waals surface area contributed by atoms with Gasteiger partial charge in [-0.15, -0.1) is 0 Å². The van der Waals surface area contributed by atoms with Crippen molar-refractivity contribution in [2.75, 3.05) is 17.5 Å². The summed E-state index contributed by atoms with van der Waals surface area (Å²) in [6.07, 6.45) is 1.41. The number of carboxylic acid groups (broad SMARTS) is 1. The molecule has 1 fully saturated rings. The van der Waals surface area contributed by atoms with Crippen molar-refractivity contribution in [2.24, 2.45) is 0 Å². The van der Waals surface area contributed by atoms with Gasteiger partial charge in [0.25, 0.3) is 0 Å². The molecule has 1 atom stereocenters. The van der Waals surface area contributed by atoms with Crippen molar-refractivity contribution in [1.29, 1.82) is 0 Å². The molecule has 11 heteroatoms. The van der Waals surface area contributed by atoms with Crippen molar-refractivity contribution < 1.29 is 31.1 Å². The van der Waals surface area contributed by atoms with E-state index in [9.17, 15) is 26.0 Å². The fourth-order valence-electron chi connectivity index (χ4n) is 2.35. The number of halogens is 1. The Morgan fingerprint density at radius 3 is 2.52 bits per heavy atom. The van der Waals surface area contributed by atoms with E-state index >= 15 is 0 Å². The van der Waals surface area contributed by atoms with Crippen LogP contribution >= 0.6 is 0 Å². The molecule has 2 rings (SSSR count). The lowest BCUT2D eigenvalue weighted by Crippen LogP contribution is -2.40. The molecule has 0 amide bonds. The lowest BCUT2D eigenvalue weighted by Gasteiger charge is -2.21. The summed E-state index contributed by atoms with van der Waals surface area (Å²) in [6, 6.07) is 1.50. The average Bonchev–Trinajstić information content (AvgIpc) is 2.89. The summed E-state index contributed by atoms with van der Waals surface area (Å²) in [6.45, 7) is 0.0320. The fraction of sp³-hybridized carbons (Fsp3) is 0.417. The third kappa shape index (κ3) is 3.79. The van der Waals surface area contributed by atoms with E-state index in [0.717, 1.165) is 22.7 Å². The van der Waals surface area contributed by atoms with Gasteiger partial charge in [-0.05, 0) is 31.0 Å². The molecule has 1 saturated heterocycles. The second kappa shape index (κ2) is 6.06. The largest absolute Gasteiger partial charge is 0.480 e. The highest BCUT2D eigenvalue weighted by Gasteiger charge is 2.39. The molecule has 0 spiro atoms. The van der Waals surface area contributed by atoms with Crippen LogP contribution < -0.4 is 4.72 Å². The van der Waals surface area contributed by atoms with Crippen LogP contribution in [0.15, 0.2) is 23.1 Å². The van der Waals surface area contributed by atoms with E-state index in [4.69, 9.17) is 5.11 Å². The van der Waals surface area contributed by atoms with Crippen molar-refractivity contribution >= 4 is 31.7 Å². The van der Waals surface area contributed by atoms with E-state index < -0.39 is 42.8 Å². The number of aliphatic carboxylic acids is 1. The summed E-state index contributed by atoms with van der Waals surface area (Å²) in [5.41, 5.74) is -0.386. The van der Waals surface area contributed by atoms with Gasteiger partial charge in [-0.2, -0.15) is 4.31 Å². The van der Waals surface area contributed by atoms with Crippen LogP contribution in [0.3, 0.4) is 0 Å². The summed E-state index contributed by atoms with van der Waals surface area (Å²) < 4.78 is 63.8. The third-order valence-corrected chi connectivity index (χ3v) is 5.83. The molecule has 8 nitrogen and oxygen atoms in total. The van der Waals surface area contributed by atoms with Crippen molar-refractivity contribution in [3.63, 3.8) is 0 Å². The van der Waals surface area contributed by atoms with Crippen molar-refractivity contribution in [1.82, 2.24) is 4.31 Å². The summed E-state index contributed by atoms with van der Waals surface area (Å²) >= 11 is 0. The molecule has 128 valence electrons. The lowest BCUT2D eigenvalue weighted by atomic mass is 10.2. The first-order chi connectivity index (χ1) is 10.5. The van der Waals surface area contributed by atoms with Gasteiger partial charge in [-0.1, -0.05) is 0 Å². The van der Waals surface area contributed by atoms with Gasteiger partial charge in [0.2, 0.25) is 20.0 Å². The molecule has 0 aliphatic carbocycles. The van der Waals surface area contributed by atoms with Crippen LogP contribution in [-0.2, 0) is 24.8 Å². The highest BCUT2D eigenvalue weighted by Crippen LogP contribution is 2.28. The quantitative estimate of drug-likeness (QED) is 0.780. The van der Waals surface area contributed by atoms with Crippen LogP contribution in [0.4, 0.5) is 10.1 Å². The predicted octanol–water partition coefficient (Wildman–Crippen LogP) is 0.435. The van der Waals surface area contributed by atoms with Gasteiger partial charge in [0.05, 0.1) is 16.8 Å². The second-order valence-electron chi connectivity index (χ2n) is 5.13. The number of benzene rings is 1. The molecule has 23 heavy (non-hydrogen) atoms. The number of nitrogens with zero attached hydrogens (tertiary/aromatic N) is 1. The summed E-state index contributed by atoms with van der Waals surface area (Å²) in [4.78, 5) is 10.7. The van der Waals surface area contributed by atoms with E-state index in [0.29, 0.717) is 12.5 Å². The lowest BCUT2D eigenvalue weighted by molar-refractivity contribution is -0.140. The van der Waals surface area contributed by atoms with Crippen molar-refractivity contribution in [3.8, 4) is 0 Å². The monoisotopic (exact) mass is 366 g/mol. The average molecular weight is 366 g/mol. The van der Waals surface area contributed by atoms with Crippen LogP contribution in [0.5, 0.6) is 0 Å². The standard InChI is InChI=1S/C12H15FN2O6S2/c1-22(18,19)14-10-5-4-8(7-9(10)13)23(20,21)15-6-2-3-11(15)12(16)17/h4-5,7,11,14H,2-3,6H2,1H3,(H,16,17)/t11-/m0/s1. The minimum Gasteiger partial charge on any atom is -0.480 e. The topological polar surface area (TPSA) is 121 Å². The zero-order valence-electron chi connectivity index (χ0n) is 12.1. The molecule has 0 saturated carbocycles. The van der Waals surface area contributed by atoms with Gasteiger partial charge in [-0.25, -0.2) is 21.2 Å². The van der Waals surface area contributed by atoms with Crippen molar-refractivity contribution in [3.05, 3.63) is 24.0 Å². The maximum absolute atomic E-state index is 13.9. The molecule has 0 aromatic heterocycles. The molecule has 1 aliphatic heterocycles. The maximum Gasteiger partial charge on any atom is 0.322 e. The van der Waals surface area contributed by atoms with Crippen LogP contribution in [0.25, 0.3) is 0 Å². The van der Waals surface area contributed by atoms with Crippen LogP contribution in [0.1, 0.15) is 12.8 Å². The molecule has 1 heterocycles. The zero-order chi connectivity index (χ0) is 17.4. The first kappa shape index (κ1) is 17.6. The van der Waals surface area contributed by atoms with Gasteiger partial charge in [0.1, 0.15) is 11.9 Å². The predicted molar refractivity (Wildman–Crippen MR) is 79.4 cm³/mol. The number of rotatable bonds is 5.